The van der Waals surface area contributed by atoms with Crippen LogP contribution < -0.4 is 11.3 Å². The largest absolute Gasteiger partial charge is 0.272 e. The summed E-state index contributed by atoms with van der Waals surface area (Å²) in [6.45, 7) is 5.43. The molecule has 2 heterocycles. The molecule has 1 fully saturated rings. The van der Waals surface area contributed by atoms with Crippen LogP contribution in [0.1, 0.15) is 31.9 Å². The lowest BCUT2D eigenvalue weighted by Gasteiger charge is -2.33. The molecule has 0 aromatic carbocycles. The van der Waals surface area contributed by atoms with Crippen LogP contribution in [0.4, 0.5) is 0 Å². The van der Waals surface area contributed by atoms with Gasteiger partial charge in [-0.15, -0.1) is 0 Å². The SMILES string of the molecule is CCCn1cc(C(NN)C2SCCSC2C)cn1. The fraction of sp³-hybridized carbons (Fsp3) is 0.750. The molecule has 18 heavy (non-hydrogen) atoms. The Kier molecular flexibility index (Phi) is 5.41. The Hall–Kier alpha value is -0.170. The summed E-state index contributed by atoms with van der Waals surface area (Å²) >= 11 is 4.06. The minimum atomic E-state index is 0.198. The highest BCUT2D eigenvalue weighted by Gasteiger charge is 2.31. The van der Waals surface area contributed by atoms with Crippen molar-refractivity contribution >= 4 is 23.5 Å². The lowest BCUT2D eigenvalue weighted by atomic mass is 10.1. The van der Waals surface area contributed by atoms with E-state index in [1.807, 2.05) is 34.4 Å². The number of rotatable bonds is 5. The molecule has 0 aliphatic carbocycles. The van der Waals surface area contributed by atoms with Crippen LogP contribution in [0.3, 0.4) is 0 Å². The summed E-state index contributed by atoms with van der Waals surface area (Å²) < 4.78 is 2.00. The molecule has 1 saturated heterocycles. The Labute approximate surface area is 117 Å². The maximum absolute atomic E-state index is 5.77. The number of hydrazine groups is 1. The molecule has 1 aliphatic heterocycles. The van der Waals surface area contributed by atoms with Gasteiger partial charge < -0.3 is 0 Å². The van der Waals surface area contributed by atoms with E-state index in [1.165, 1.54) is 17.1 Å². The van der Waals surface area contributed by atoms with Crippen LogP contribution in [0.2, 0.25) is 0 Å². The summed E-state index contributed by atoms with van der Waals surface area (Å²) in [5, 5.41) is 5.55. The van der Waals surface area contributed by atoms with Crippen molar-refractivity contribution in [2.75, 3.05) is 11.5 Å². The maximum atomic E-state index is 5.77. The van der Waals surface area contributed by atoms with Gasteiger partial charge >= 0.3 is 0 Å². The normalized spacial score (nSPS) is 26.2. The van der Waals surface area contributed by atoms with Gasteiger partial charge in [0.05, 0.1) is 12.2 Å². The van der Waals surface area contributed by atoms with E-state index in [0.29, 0.717) is 10.5 Å². The Bertz CT molecular complexity index is 369. The Morgan fingerprint density at radius 1 is 1.56 bits per heavy atom. The summed E-state index contributed by atoms with van der Waals surface area (Å²) in [6.07, 6.45) is 5.18. The zero-order chi connectivity index (χ0) is 13.0. The van der Waals surface area contributed by atoms with Gasteiger partial charge in [0.25, 0.3) is 0 Å². The lowest BCUT2D eigenvalue weighted by molar-refractivity contribution is 0.525. The van der Waals surface area contributed by atoms with Crippen LogP contribution in [-0.4, -0.2) is 31.8 Å². The quantitative estimate of drug-likeness (QED) is 0.641. The summed E-state index contributed by atoms with van der Waals surface area (Å²) in [7, 11) is 0. The second kappa shape index (κ2) is 6.84. The zero-order valence-corrected chi connectivity index (χ0v) is 12.6. The summed E-state index contributed by atoms with van der Waals surface area (Å²) in [6, 6.07) is 0.198. The number of hydrogen-bond acceptors (Lipinski definition) is 5. The first-order valence-corrected chi connectivity index (χ1v) is 8.57. The number of aryl methyl sites for hydroxylation is 1. The topological polar surface area (TPSA) is 55.9 Å². The molecular formula is C12H22N4S2. The van der Waals surface area contributed by atoms with Crippen molar-refractivity contribution in [1.29, 1.82) is 0 Å². The predicted molar refractivity (Wildman–Crippen MR) is 80.7 cm³/mol. The number of aromatic nitrogens is 2. The molecule has 0 radical (unpaired) electrons. The molecule has 0 spiro atoms. The molecule has 102 valence electrons. The Morgan fingerprint density at radius 2 is 2.33 bits per heavy atom. The highest BCUT2D eigenvalue weighted by molar-refractivity contribution is 8.07. The molecule has 1 aliphatic rings. The predicted octanol–water partition coefficient (Wildman–Crippen LogP) is 2.03. The summed E-state index contributed by atoms with van der Waals surface area (Å²) in [5.74, 6) is 8.23. The highest BCUT2D eigenvalue weighted by atomic mass is 32.2. The monoisotopic (exact) mass is 286 g/mol. The first kappa shape index (κ1) is 14.2. The summed E-state index contributed by atoms with van der Waals surface area (Å²) in [4.78, 5) is 0. The molecule has 4 nitrogen and oxygen atoms in total. The van der Waals surface area contributed by atoms with Crippen LogP contribution in [0.5, 0.6) is 0 Å². The van der Waals surface area contributed by atoms with E-state index >= 15 is 0 Å². The minimum Gasteiger partial charge on any atom is -0.272 e. The molecule has 0 bridgehead atoms. The zero-order valence-electron chi connectivity index (χ0n) is 11.0. The van der Waals surface area contributed by atoms with E-state index in [0.717, 1.165) is 13.0 Å². The van der Waals surface area contributed by atoms with Crippen molar-refractivity contribution in [2.45, 2.75) is 43.4 Å². The van der Waals surface area contributed by atoms with Gasteiger partial charge in [-0.3, -0.25) is 16.0 Å². The molecule has 6 heteroatoms. The van der Waals surface area contributed by atoms with Crippen LogP contribution >= 0.6 is 23.5 Å². The molecular weight excluding hydrogens is 264 g/mol. The van der Waals surface area contributed by atoms with E-state index in [-0.39, 0.29) is 6.04 Å². The van der Waals surface area contributed by atoms with Crippen molar-refractivity contribution in [3.63, 3.8) is 0 Å². The minimum absolute atomic E-state index is 0.198. The smallest absolute Gasteiger partial charge is 0.0620 e. The number of hydrogen-bond donors (Lipinski definition) is 2. The van der Waals surface area contributed by atoms with Gasteiger partial charge in [-0.05, 0) is 6.42 Å². The van der Waals surface area contributed by atoms with Gasteiger partial charge in [-0.2, -0.15) is 28.6 Å². The average Bonchev–Trinajstić information content (AvgIpc) is 2.82. The molecule has 0 amide bonds. The van der Waals surface area contributed by atoms with Crippen molar-refractivity contribution in [3.05, 3.63) is 18.0 Å². The number of thioether (sulfide) groups is 2. The molecule has 0 saturated carbocycles. The first-order chi connectivity index (χ1) is 8.76. The third-order valence-corrected chi connectivity index (χ3v) is 6.40. The fourth-order valence-electron chi connectivity index (χ4n) is 2.29. The third kappa shape index (κ3) is 3.23. The van der Waals surface area contributed by atoms with E-state index in [2.05, 4.69) is 30.6 Å². The first-order valence-electron chi connectivity index (χ1n) is 6.48. The van der Waals surface area contributed by atoms with Crippen molar-refractivity contribution in [2.24, 2.45) is 5.84 Å². The second-order valence-electron chi connectivity index (χ2n) is 4.59. The second-order valence-corrected chi connectivity index (χ2v) is 7.36. The standard InChI is InChI=1S/C12H22N4S2/c1-3-4-16-8-10(7-14-16)11(15-13)12-9(2)17-5-6-18-12/h7-9,11-12,15H,3-6,13H2,1-2H3. The van der Waals surface area contributed by atoms with Crippen molar-refractivity contribution < 1.29 is 0 Å². The van der Waals surface area contributed by atoms with Crippen LogP contribution in [0, 0.1) is 0 Å². The van der Waals surface area contributed by atoms with E-state index in [9.17, 15) is 0 Å². The number of nitrogens with zero attached hydrogens (tertiary/aromatic N) is 2. The highest BCUT2D eigenvalue weighted by Crippen LogP contribution is 2.38. The number of nitrogens with two attached hydrogens (primary N) is 1. The van der Waals surface area contributed by atoms with Gasteiger partial charge in [0.1, 0.15) is 0 Å². The third-order valence-electron chi connectivity index (χ3n) is 3.21. The van der Waals surface area contributed by atoms with Crippen LogP contribution in [0.15, 0.2) is 12.4 Å². The van der Waals surface area contributed by atoms with E-state index in [4.69, 9.17) is 5.84 Å². The van der Waals surface area contributed by atoms with E-state index in [1.54, 1.807) is 0 Å². The van der Waals surface area contributed by atoms with Gasteiger partial charge in [0, 0.05) is 40.3 Å². The van der Waals surface area contributed by atoms with Gasteiger partial charge in [0.2, 0.25) is 0 Å². The Balaban J connectivity index is 2.10. The van der Waals surface area contributed by atoms with Crippen molar-refractivity contribution in [1.82, 2.24) is 15.2 Å². The molecule has 1 aromatic heterocycles. The molecule has 2 rings (SSSR count). The maximum Gasteiger partial charge on any atom is 0.0620 e. The molecule has 3 atom stereocenters. The van der Waals surface area contributed by atoms with Crippen molar-refractivity contribution in [3.8, 4) is 0 Å². The van der Waals surface area contributed by atoms with Crippen LogP contribution in [-0.2, 0) is 6.54 Å². The van der Waals surface area contributed by atoms with Crippen LogP contribution in [0.25, 0.3) is 0 Å². The van der Waals surface area contributed by atoms with E-state index < -0.39 is 0 Å². The lowest BCUT2D eigenvalue weighted by Crippen LogP contribution is -2.40. The molecule has 3 N–H and O–H groups in total. The number of nitrogens with one attached hydrogen (secondary N) is 1. The molecule has 1 aromatic rings. The van der Waals surface area contributed by atoms with Gasteiger partial charge in [-0.25, -0.2) is 0 Å². The average molecular weight is 286 g/mol. The summed E-state index contributed by atoms with van der Waals surface area (Å²) in [5.41, 5.74) is 4.19. The van der Waals surface area contributed by atoms with Gasteiger partial charge in [-0.1, -0.05) is 13.8 Å². The molecule has 3 unspecified atom stereocenters. The van der Waals surface area contributed by atoms with Gasteiger partial charge in [0.15, 0.2) is 0 Å². The Morgan fingerprint density at radius 3 is 3.00 bits per heavy atom. The fourth-order valence-corrected chi connectivity index (χ4v) is 5.22.